The van der Waals surface area contributed by atoms with Gasteiger partial charge >= 0.3 is 0 Å². The highest BCUT2D eigenvalue weighted by molar-refractivity contribution is 7.84. The van der Waals surface area contributed by atoms with Gasteiger partial charge in [-0.15, -0.1) is 0 Å². The minimum absolute atomic E-state index is 0.117. The zero-order chi connectivity index (χ0) is 19.8. The fraction of sp³-hybridized carbons (Fsp3) is 0.714. The van der Waals surface area contributed by atoms with E-state index in [-0.39, 0.29) is 29.0 Å². The largest absolute Gasteiger partial charge is 0.242 e. The highest BCUT2D eigenvalue weighted by atomic mass is 32.2. The van der Waals surface area contributed by atoms with Crippen molar-refractivity contribution >= 4 is 24.2 Å². The van der Waals surface area contributed by atoms with Gasteiger partial charge in [-0.1, -0.05) is 73.7 Å². The molecule has 2 nitrogen and oxygen atoms in total. The maximum atomic E-state index is 12.9. The van der Waals surface area contributed by atoms with Crippen LogP contribution in [0, 0.1) is 0 Å². The molecule has 0 aliphatic carbocycles. The Bertz CT molecular complexity index is 594. The number of benzene rings is 1. The third kappa shape index (κ3) is 5.62. The minimum atomic E-state index is -1.04. The molecule has 0 aromatic heterocycles. The SMILES string of the molecule is C[C@H](c1ccccc1P(C(C)(C)C)C(C)(C)C)N(C)[S@](=O)C(C)(C)C. The predicted molar refractivity (Wildman–Crippen MR) is 117 cm³/mol. The van der Waals surface area contributed by atoms with Crippen molar-refractivity contribution in [1.82, 2.24) is 4.31 Å². The molecule has 144 valence electrons. The van der Waals surface area contributed by atoms with E-state index in [4.69, 9.17) is 0 Å². The van der Waals surface area contributed by atoms with Crippen molar-refractivity contribution in [1.29, 1.82) is 0 Å². The van der Waals surface area contributed by atoms with E-state index in [9.17, 15) is 4.21 Å². The van der Waals surface area contributed by atoms with E-state index in [1.807, 2.05) is 32.1 Å². The van der Waals surface area contributed by atoms with Gasteiger partial charge in [-0.05, 0) is 48.9 Å². The number of hydrogen-bond acceptors (Lipinski definition) is 1. The second kappa shape index (κ2) is 7.79. The van der Waals surface area contributed by atoms with Gasteiger partial charge in [0.1, 0.15) is 0 Å². The molecular formula is C21H38NOPS. The van der Waals surface area contributed by atoms with Crippen LogP contribution in [0.4, 0.5) is 0 Å². The smallest absolute Gasteiger partial charge is 0.1000 e. The summed E-state index contributed by atoms with van der Waals surface area (Å²) in [6.07, 6.45) is 0. The van der Waals surface area contributed by atoms with Crippen LogP contribution in [-0.2, 0) is 11.0 Å². The topological polar surface area (TPSA) is 20.3 Å². The molecule has 1 aromatic rings. The zero-order valence-electron chi connectivity index (χ0n) is 18.1. The summed E-state index contributed by atoms with van der Waals surface area (Å²) in [6.45, 7) is 22.4. The monoisotopic (exact) mass is 383 g/mol. The fourth-order valence-electron chi connectivity index (χ4n) is 3.54. The van der Waals surface area contributed by atoms with Gasteiger partial charge in [0.15, 0.2) is 0 Å². The molecule has 0 radical (unpaired) electrons. The molecule has 0 N–H and O–H groups in total. The van der Waals surface area contributed by atoms with Crippen LogP contribution in [0.25, 0.3) is 0 Å². The molecule has 0 heterocycles. The molecule has 0 spiro atoms. The lowest BCUT2D eigenvalue weighted by Gasteiger charge is -2.43. The van der Waals surface area contributed by atoms with E-state index in [2.05, 4.69) is 72.7 Å². The van der Waals surface area contributed by atoms with Crippen LogP contribution < -0.4 is 5.30 Å². The van der Waals surface area contributed by atoms with Gasteiger partial charge in [-0.2, -0.15) is 0 Å². The van der Waals surface area contributed by atoms with E-state index < -0.39 is 11.0 Å². The van der Waals surface area contributed by atoms with Gasteiger partial charge in [-0.25, -0.2) is 8.51 Å². The summed E-state index contributed by atoms with van der Waals surface area (Å²) in [7, 11) is 0.561. The molecule has 2 atom stereocenters. The van der Waals surface area contributed by atoms with Gasteiger partial charge in [0, 0.05) is 13.1 Å². The maximum absolute atomic E-state index is 12.9. The third-order valence-electron chi connectivity index (χ3n) is 4.30. The Labute approximate surface area is 160 Å². The molecule has 1 aromatic carbocycles. The highest BCUT2D eigenvalue weighted by Gasteiger charge is 2.38. The van der Waals surface area contributed by atoms with Crippen molar-refractivity contribution in [2.45, 2.75) is 90.3 Å². The van der Waals surface area contributed by atoms with Crippen molar-refractivity contribution in [3.63, 3.8) is 0 Å². The van der Waals surface area contributed by atoms with Crippen LogP contribution in [0.2, 0.25) is 0 Å². The predicted octanol–water partition coefficient (Wildman–Crippen LogP) is 5.85. The Morgan fingerprint density at radius 1 is 0.920 bits per heavy atom. The van der Waals surface area contributed by atoms with Gasteiger partial charge < -0.3 is 0 Å². The van der Waals surface area contributed by atoms with Crippen molar-refractivity contribution in [2.75, 3.05) is 7.05 Å². The van der Waals surface area contributed by atoms with Crippen LogP contribution in [-0.4, -0.2) is 30.6 Å². The van der Waals surface area contributed by atoms with Crippen molar-refractivity contribution in [2.24, 2.45) is 0 Å². The van der Waals surface area contributed by atoms with E-state index in [1.165, 1.54) is 10.9 Å². The Kier molecular flexibility index (Phi) is 7.10. The lowest BCUT2D eigenvalue weighted by Crippen LogP contribution is -2.39. The molecular weight excluding hydrogens is 345 g/mol. The van der Waals surface area contributed by atoms with E-state index in [0.29, 0.717) is 0 Å². The van der Waals surface area contributed by atoms with Crippen molar-refractivity contribution < 1.29 is 4.21 Å². The summed E-state index contributed by atoms with van der Waals surface area (Å²) in [6, 6.07) is 8.90. The molecule has 0 saturated heterocycles. The Balaban J connectivity index is 3.43. The lowest BCUT2D eigenvalue weighted by molar-refractivity contribution is 0.419. The Hall–Kier alpha value is -0.240. The highest BCUT2D eigenvalue weighted by Crippen LogP contribution is 2.59. The Morgan fingerprint density at radius 2 is 1.36 bits per heavy atom. The van der Waals surface area contributed by atoms with Crippen LogP contribution >= 0.6 is 7.92 Å². The summed E-state index contributed by atoms with van der Waals surface area (Å²) in [5.74, 6) is 0. The first-order chi connectivity index (χ1) is 11.1. The van der Waals surface area contributed by atoms with E-state index >= 15 is 0 Å². The lowest BCUT2D eigenvalue weighted by atomic mass is 10.1. The second-order valence-electron chi connectivity index (χ2n) is 9.82. The quantitative estimate of drug-likeness (QED) is 0.598. The molecule has 4 heteroatoms. The summed E-state index contributed by atoms with van der Waals surface area (Å²) in [4.78, 5) is 0. The van der Waals surface area contributed by atoms with Crippen molar-refractivity contribution in [3.05, 3.63) is 29.8 Å². The number of rotatable bonds is 4. The standard InChI is InChI=1S/C21H38NOPS/c1-16(22(11)25(23)21(8,9)10)17-14-12-13-15-18(17)24(19(2,3)4)20(5,6)7/h12-16H,1-11H3/t16-,25-/m1/s1. The first-order valence-corrected chi connectivity index (χ1v) is 11.6. The van der Waals surface area contributed by atoms with Crippen LogP contribution in [0.5, 0.6) is 0 Å². The molecule has 0 unspecified atom stereocenters. The number of nitrogens with zero attached hydrogens (tertiary/aromatic N) is 1. The third-order valence-corrected chi connectivity index (χ3v) is 9.76. The molecule has 25 heavy (non-hydrogen) atoms. The summed E-state index contributed by atoms with van der Waals surface area (Å²) >= 11 is 0. The van der Waals surface area contributed by atoms with Crippen LogP contribution in [0.3, 0.4) is 0 Å². The molecule has 0 fully saturated rings. The van der Waals surface area contributed by atoms with Crippen molar-refractivity contribution in [3.8, 4) is 0 Å². The van der Waals surface area contributed by atoms with Gasteiger partial charge in [0.25, 0.3) is 0 Å². The van der Waals surface area contributed by atoms with Crippen LogP contribution in [0.15, 0.2) is 24.3 Å². The summed E-state index contributed by atoms with van der Waals surface area (Å²) in [5, 5.41) is 1.87. The number of hydrogen-bond donors (Lipinski definition) is 0. The Morgan fingerprint density at radius 3 is 1.76 bits per heavy atom. The summed E-state index contributed by atoms with van der Waals surface area (Å²) < 4.78 is 14.7. The molecule has 0 amide bonds. The first-order valence-electron chi connectivity index (χ1n) is 9.12. The average molecular weight is 384 g/mol. The summed E-state index contributed by atoms with van der Waals surface area (Å²) in [5.41, 5.74) is 1.32. The van der Waals surface area contributed by atoms with Crippen LogP contribution in [0.1, 0.15) is 80.8 Å². The average Bonchev–Trinajstić information content (AvgIpc) is 2.41. The maximum Gasteiger partial charge on any atom is 0.1000 e. The van der Waals surface area contributed by atoms with Gasteiger partial charge in [0.05, 0.1) is 15.7 Å². The fourth-order valence-corrected chi connectivity index (χ4v) is 9.02. The molecule has 0 aliphatic rings. The molecule has 0 saturated carbocycles. The molecule has 0 aliphatic heterocycles. The van der Waals surface area contributed by atoms with Gasteiger partial charge in [0.2, 0.25) is 0 Å². The zero-order valence-corrected chi connectivity index (χ0v) is 19.8. The normalized spacial score (nSPS) is 16.4. The molecule has 0 bridgehead atoms. The van der Waals surface area contributed by atoms with E-state index in [1.54, 1.807) is 0 Å². The first kappa shape index (κ1) is 22.8. The van der Waals surface area contributed by atoms with Gasteiger partial charge in [-0.3, -0.25) is 0 Å². The molecule has 1 rings (SSSR count). The second-order valence-corrected chi connectivity index (χ2v) is 16.0. The van der Waals surface area contributed by atoms with E-state index in [0.717, 1.165) is 0 Å². The minimum Gasteiger partial charge on any atom is -0.242 e.